The van der Waals surface area contributed by atoms with Crippen molar-refractivity contribution in [3.63, 3.8) is 0 Å². The molecule has 4 heterocycles. The number of amides is 1. The summed E-state index contributed by atoms with van der Waals surface area (Å²) in [6.45, 7) is 6.71. The first-order valence-electron chi connectivity index (χ1n) is 10.7. The molecule has 29 heavy (non-hydrogen) atoms. The zero-order valence-corrected chi connectivity index (χ0v) is 17.0. The van der Waals surface area contributed by atoms with Crippen LogP contribution < -0.4 is 0 Å². The normalized spacial score (nSPS) is 26.2. The maximum Gasteiger partial charge on any atom is 0.333 e. The van der Waals surface area contributed by atoms with Crippen molar-refractivity contribution >= 4 is 11.9 Å². The van der Waals surface area contributed by atoms with Gasteiger partial charge in [0.15, 0.2) is 0 Å². The van der Waals surface area contributed by atoms with E-state index in [9.17, 15) is 9.59 Å². The van der Waals surface area contributed by atoms with Gasteiger partial charge >= 0.3 is 5.97 Å². The Bertz CT molecular complexity index is 870. The summed E-state index contributed by atoms with van der Waals surface area (Å²) in [5.74, 6) is -0.148. The summed E-state index contributed by atoms with van der Waals surface area (Å²) in [5.41, 5.74) is 4.50. The van der Waals surface area contributed by atoms with Gasteiger partial charge in [0.05, 0.1) is 23.8 Å². The smallest absolute Gasteiger partial charge is 0.333 e. The first kappa shape index (κ1) is 18.8. The van der Waals surface area contributed by atoms with Gasteiger partial charge in [-0.2, -0.15) is 0 Å². The van der Waals surface area contributed by atoms with E-state index >= 15 is 0 Å². The first-order chi connectivity index (χ1) is 14.0. The topological polar surface area (TPSA) is 59.1 Å². The highest BCUT2D eigenvalue weighted by atomic mass is 16.5. The van der Waals surface area contributed by atoms with Gasteiger partial charge in [0.25, 0.3) is 0 Å². The Labute approximate surface area is 171 Å². The molecular weight excluding hydrogens is 368 g/mol. The van der Waals surface area contributed by atoms with Crippen molar-refractivity contribution in [3.05, 3.63) is 46.7 Å². The molecule has 1 aromatic rings. The largest absolute Gasteiger partial charge is 0.456 e. The summed E-state index contributed by atoms with van der Waals surface area (Å²) in [6, 6.07) is 6.74. The lowest BCUT2D eigenvalue weighted by Gasteiger charge is -2.38. The Morgan fingerprint density at radius 2 is 1.90 bits per heavy atom. The van der Waals surface area contributed by atoms with Crippen molar-refractivity contribution < 1.29 is 19.1 Å². The SMILES string of the molecule is CC1OCc2cc(CCN3CCC4(CC3)CCN(C3=CC(=O)OC3)C4=O)ccc21. The van der Waals surface area contributed by atoms with Crippen LogP contribution in [-0.4, -0.2) is 54.5 Å². The molecule has 0 saturated carbocycles. The second kappa shape index (κ2) is 7.26. The van der Waals surface area contributed by atoms with Crippen molar-refractivity contribution in [2.75, 3.05) is 32.8 Å². The number of fused-ring (bicyclic) bond motifs is 1. The van der Waals surface area contributed by atoms with E-state index in [2.05, 4.69) is 30.0 Å². The molecule has 1 unspecified atom stereocenters. The van der Waals surface area contributed by atoms with Gasteiger partial charge in [-0.25, -0.2) is 4.79 Å². The molecular formula is C23H28N2O4. The van der Waals surface area contributed by atoms with Gasteiger partial charge in [0.1, 0.15) is 6.61 Å². The molecule has 1 amide bonds. The molecule has 0 N–H and O–H groups in total. The lowest BCUT2D eigenvalue weighted by atomic mass is 9.77. The maximum absolute atomic E-state index is 13.1. The van der Waals surface area contributed by atoms with E-state index in [1.165, 1.54) is 22.8 Å². The molecule has 2 saturated heterocycles. The van der Waals surface area contributed by atoms with E-state index in [0.717, 1.165) is 57.6 Å². The van der Waals surface area contributed by atoms with Gasteiger partial charge in [-0.15, -0.1) is 0 Å². The van der Waals surface area contributed by atoms with Gasteiger partial charge in [-0.1, -0.05) is 18.2 Å². The van der Waals surface area contributed by atoms with Crippen molar-refractivity contribution in [1.29, 1.82) is 0 Å². The standard InChI is InChI=1S/C23H28N2O4/c1-16-20-3-2-17(12-18(20)14-28-16)4-8-24-9-5-23(6-10-24)7-11-25(22(23)27)19-13-21(26)29-15-19/h2-3,12-13,16H,4-11,14-15H2,1H3. The number of piperidine rings is 1. The number of hydrogen-bond acceptors (Lipinski definition) is 5. The van der Waals surface area contributed by atoms with Gasteiger partial charge < -0.3 is 19.3 Å². The molecule has 154 valence electrons. The summed E-state index contributed by atoms with van der Waals surface area (Å²) < 4.78 is 10.7. The monoisotopic (exact) mass is 396 g/mol. The third-order valence-electron chi connectivity index (χ3n) is 7.17. The van der Waals surface area contributed by atoms with Crippen molar-refractivity contribution in [3.8, 4) is 0 Å². The number of hydrogen-bond donors (Lipinski definition) is 0. The highest BCUT2D eigenvalue weighted by Gasteiger charge is 2.49. The van der Waals surface area contributed by atoms with Crippen LogP contribution in [0.1, 0.15) is 49.0 Å². The van der Waals surface area contributed by atoms with E-state index in [-0.39, 0.29) is 30.0 Å². The van der Waals surface area contributed by atoms with Crippen LogP contribution in [0.3, 0.4) is 0 Å². The molecule has 4 aliphatic heterocycles. The Morgan fingerprint density at radius 3 is 2.66 bits per heavy atom. The molecule has 2 fully saturated rings. The molecule has 0 bridgehead atoms. The van der Waals surface area contributed by atoms with Gasteiger partial charge in [-0.05, 0) is 62.4 Å². The summed E-state index contributed by atoms with van der Waals surface area (Å²) >= 11 is 0. The van der Waals surface area contributed by atoms with Gasteiger partial charge in [-0.3, -0.25) is 4.79 Å². The molecule has 0 aliphatic carbocycles. The number of ether oxygens (including phenoxy) is 2. The summed E-state index contributed by atoms with van der Waals surface area (Å²) in [6.07, 6.45) is 5.40. The van der Waals surface area contributed by atoms with E-state index < -0.39 is 0 Å². The van der Waals surface area contributed by atoms with Crippen LogP contribution in [-0.2, 0) is 32.1 Å². The number of carbonyl (C=O) groups excluding carboxylic acids is 2. The van der Waals surface area contributed by atoms with Gasteiger partial charge in [0.2, 0.25) is 5.91 Å². The van der Waals surface area contributed by atoms with Crippen LogP contribution in [0.2, 0.25) is 0 Å². The number of carbonyl (C=O) groups is 2. The molecule has 1 spiro atoms. The minimum atomic E-state index is -0.337. The number of rotatable bonds is 4. The molecule has 4 aliphatic rings. The van der Waals surface area contributed by atoms with E-state index in [1.54, 1.807) is 4.90 Å². The van der Waals surface area contributed by atoms with Crippen molar-refractivity contribution in [1.82, 2.24) is 9.80 Å². The number of esters is 1. The second-order valence-corrected chi connectivity index (χ2v) is 8.81. The van der Waals surface area contributed by atoms with E-state index in [0.29, 0.717) is 6.54 Å². The predicted molar refractivity (Wildman–Crippen MR) is 107 cm³/mol. The minimum absolute atomic E-state index is 0.189. The van der Waals surface area contributed by atoms with Crippen LogP contribution in [0.15, 0.2) is 30.0 Å². The average Bonchev–Trinajstić information content (AvgIpc) is 3.41. The van der Waals surface area contributed by atoms with Gasteiger partial charge in [0, 0.05) is 19.2 Å². The first-order valence-corrected chi connectivity index (χ1v) is 10.7. The van der Waals surface area contributed by atoms with Crippen LogP contribution in [0.5, 0.6) is 0 Å². The molecule has 0 aromatic heterocycles. The molecule has 6 nitrogen and oxygen atoms in total. The maximum atomic E-state index is 13.1. The lowest BCUT2D eigenvalue weighted by Crippen LogP contribution is -2.45. The number of likely N-dealkylation sites (tertiary alicyclic amines) is 2. The predicted octanol–water partition coefficient (Wildman–Crippen LogP) is 2.58. The summed E-state index contributed by atoms with van der Waals surface area (Å²) in [5, 5.41) is 0. The number of nitrogens with zero attached hydrogens (tertiary/aromatic N) is 2. The highest BCUT2D eigenvalue weighted by molar-refractivity contribution is 5.90. The molecule has 6 heteroatoms. The lowest BCUT2D eigenvalue weighted by molar-refractivity contribution is -0.138. The van der Waals surface area contributed by atoms with Crippen molar-refractivity contribution in [2.24, 2.45) is 5.41 Å². The van der Waals surface area contributed by atoms with Crippen LogP contribution in [0.4, 0.5) is 0 Å². The number of benzene rings is 1. The zero-order chi connectivity index (χ0) is 20.0. The zero-order valence-electron chi connectivity index (χ0n) is 17.0. The number of cyclic esters (lactones) is 1. The third kappa shape index (κ3) is 3.38. The Hall–Kier alpha value is -2.18. The molecule has 0 radical (unpaired) electrons. The quantitative estimate of drug-likeness (QED) is 0.732. The molecule has 1 aromatic carbocycles. The molecule has 5 rings (SSSR count). The third-order valence-corrected chi connectivity index (χ3v) is 7.17. The van der Waals surface area contributed by atoms with Crippen LogP contribution in [0, 0.1) is 5.41 Å². The summed E-state index contributed by atoms with van der Waals surface area (Å²) in [4.78, 5) is 28.7. The van der Waals surface area contributed by atoms with Crippen LogP contribution in [0.25, 0.3) is 0 Å². The van der Waals surface area contributed by atoms with E-state index in [4.69, 9.17) is 9.47 Å². The highest BCUT2D eigenvalue weighted by Crippen LogP contribution is 2.43. The average molecular weight is 396 g/mol. The fraction of sp³-hybridized carbons (Fsp3) is 0.565. The fourth-order valence-electron chi connectivity index (χ4n) is 5.21. The Morgan fingerprint density at radius 1 is 1.10 bits per heavy atom. The Balaban J connectivity index is 1.16. The summed E-state index contributed by atoms with van der Waals surface area (Å²) in [7, 11) is 0. The second-order valence-electron chi connectivity index (χ2n) is 8.81. The van der Waals surface area contributed by atoms with Crippen LogP contribution >= 0.6 is 0 Å². The fourth-order valence-corrected chi connectivity index (χ4v) is 5.21. The minimum Gasteiger partial charge on any atom is -0.456 e. The Kier molecular flexibility index (Phi) is 4.71. The van der Waals surface area contributed by atoms with Crippen molar-refractivity contribution in [2.45, 2.75) is 45.3 Å². The van der Waals surface area contributed by atoms with E-state index in [1.807, 2.05) is 0 Å². The molecule has 1 atom stereocenters.